The van der Waals surface area contributed by atoms with E-state index >= 15 is 0 Å². The van der Waals surface area contributed by atoms with Gasteiger partial charge in [0.2, 0.25) is 0 Å². The van der Waals surface area contributed by atoms with Gasteiger partial charge in [-0.25, -0.2) is 4.79 Å². The topological polar surface area (TPSA) is 46.5 Å². The molecule has 0 aliphatic carbocycles. The second kappa shape index (κ2) is 4.42. The van der Waals surface area contributed by atoms with Crippen molar-refractivity contribution in [2.75, 3.05) is 6.61 Å². The van der Waals surface area contributed by atoms with E-state index in [1.165, 1.54) is 0 Å². The summed E-state index contributed by atoms with van der Waals surface area (Å²) in [4.78, 5) is 11.1. The molecule has 1 saturated heterocycles. The molecule has 0 aromatic rings. The van der Waals surface area contributed by atoms with Crippen molar-refractivity contribution < 1.29 is 14.6 Å². The Balaban J connectivity index is 2.40. The van der Waals surface area contributed by atoms with Crippen LogP contribution in [-0.2, 0) is 9.53 Å². The van der Waals surface area contributed by atoms with Crippen molar-refractivity contribution >= 4 is 5.97 Å². The van der Waals surface area contributed by atoms with Gasteiger partial charge in [0.05, 0.1) is 12.7 Å². The third-order valence-electron chi connectivity index (χ3n) is 2.39. The Bertz CT molecular complexity index is 208. The van der Waals surface area contributed by atoms with Crippen LogP contribution in [0.2, 0.25) is 0 Å². The van der Waals surface area contributed by atoms with Crippen LogP contribution in [0.1, 0.15) is 26.2 Å². The number of esters is 1. The van der Waals surface area contributed by atoms with Crippen LogP contribution < -0.4 is 0 Å². The zero-order valence-corrected chi connectivity index (χ0v) is 7.95. The highest BCUT2D eigenvalue weighted by Gasteiger charge is 2.25. The predicted molar refractivity (Wildman–Crippen MR) is 49.1 cm³/mol. The van der Waals surface area contributed by atoms with Crippen molar-refractivity contribution in [3.8, 4) is 0 Å². The van der Waals surface area contributed by atoms with Crippen molar-refractivity contribution in [2.45, 2.75) is 32.3 Å². The summed E-state index contributed by atoms with van der Waals surface area (Å²) in [6.07, 6.45) is 2.09. The summed E-state index contributed by atoms with van der Waals surface area (Å²) in [5.41, 5.74) is 0.562. The zero-order chi connectivity index (χ0) is 9.84. The average Bonchev–Trinajstić information content (AvgIpc) is 2.07. The van der Waals surface area contributed by atoms with Crippen LogP contribution in [-0.4, -0.2) is 23.8 Å². The van der Waals surface area contributed by atoms with E-state index in [1.807, 2.05) is 0 Å². The number of ether oxygens (including phenoxy) is 1. The lowest BCUT2D eigenvalue weighted by atomic mass is 9.90. The molecule has 1 rings (SSSR count). The second-order valence-electron chi connectivity index (χ2n) is 3.57. The van der Waals surface area contributed by atoms with E-state index in [1.54, 1.807) is 6.92 Å². The Labute approximate surface area is 78.4 Å². The van der Waals surface area contributed by atoms with E-state index < -0.39 is 0 Å². The third-order valence-corrected chi connectivity index (χ3v) is 2.39. The SMILES string of the molecule is C=C1C(=O)OCCC1CCC(C)O. The van der Waals surface area contributed by atoms with Gasteiger partial charge < -0.3 is 9.84 Å². The van der Waals surface area contributed by atoms with Crippen LogP contribution >= 0.6 is 0 Å². The molecular weight excluding hydrogens is 168 g/mol. The Kier molecular flexibility index (Phi) is 3.48. The molecule has 1 fully saturated rings. The zero-order valence-electron chi connectivity index (χ0n) is 7.95. The molecule has 1 heterocycles. The highest BCUT2D eigenvalue weighted by molar-refractivity contribution is 5.88. The first-order valence-corrected chi connectivity index (χ1v) is 4.65. The van der Waals surface area contributed by atoms with E-state index in [2.05, 4.69) is 6.58 Å². The summed E-state index contributed by atoms with van der Waals surface area (Å²) in [6, 6.07) is 0. The van der Waals surface area contributed by atoms with E-state index in [-0.39, 0.29) is 18.0 Å². The van der Waals surface area contributed by atoms with E-state index in [9.17, 15) is 4.79 Å². The summed E-state index contributed by atoms with van der Waals surface area (Å²) < 4.78 is 4.83. The maximum Gasteiger partial charge on any atom is 0.333 e. The van der Waals surface area contributed by atoms with E-state index in [0.29, 0.717) is 12.2 Å². The first kappa shape index (κ1) is 10.3. The molecule has 0 spiro atoms. The smallest absolute Gasteiger partial charge is 0.333 e. The molecular formula is C10H16O3. The molecule has 0 bridgehead atoms. The molecule has 2 unspecified atom stereocenters. The quantitative estimate of drug-likeness (QED) is 0.530. The number of hydrogen-bond acceptors (Lipinski definition) is 3. The van der Waals surface area contributed by atoms with Gasteiger partial charge >= 0.3 is 5.97 Å². The Morgan fingerprint density at radius 1 is 1.77 bits per heavy atom. The summed E-state index contributed by atoms with van der Waals surface area (Å²) in [5, 5.41) is 9.09. The van der Waals surface area contributed by atoms with Gasteiger partial charge in [-0.3, -0.25) is 0 Å². The monoisotopic (exact) mass is 184 g/mol. The first-order valence-electron chi connectivity index (χ1n) is 4.65. The molecule has 3 nitrogen and oxygen atoms in total. The minimum Gasteiger partial charge on any atom is -0.462 e. The minimum atomic E-state index is -0.300. The fourth-order valence-corrected chi connectivity index (χ4v) is 1.49. The summed E-state index contributed by atoms with van der Waals surface area (Å²) in [5.74, 6) is -0.0716. The van der Waals surface area contributed by atoms with Crippen LogP contribution in [0, 0.1) is 5.92 Å². The summed E-state index contributed by atoms with van der Waals surface area (Å²) >= 11 is 0. The van der Waals surface area contributed by atoms with Crippen molar-refractivity contribution in [3.63, 3.8) is 0 Å². The van der Waals surface area contributed by atoms with E-state index in [0.717, 1.165) is 19.3 Å². The minimum absolute atomic E-state index is 0.204. The van der Waals surface area contributed by atoms with E-state index in [4.69, 9.17) is 9.84 Å². The fourth-order valence-electron chi connectivity index (χ4n) is 1.49. The van der Waals surface area contributed by atoms with Gasteiger partial charge in [-0.1, -0.05) is 6.58 Å². The highest BCUT2D eigenvalue weighted by Crippen LogP contribution is 2.25. The van der Waals surface area contributed by atoms with Crippen molar-refractivity contribution in [3.05, 3.63) is 12.2 Å². The van der Waals surface area contributed by atoms with Gasteiger partial charge in [-0.05, 0) is 32.1 Å². The number of carbonyl (C=O) groups excluding carboxylic acids is 1. The molecule has 0 radical (unpaired) electrons. The van der Waals surface area contributed by atoms with Crippen molar-refractivity contribution in [1.29, 1.82) is 0 Å². The number of hydrogen-bond donors (Lipinski definition) is 1. The Hall–Kier alpha value is -0.830. The highest BCUT2D eigenvalue weighted by atomic mass is 16.5. The van der Waals surface area contributed by atoms with Gasteiger partial charge in [0.25, 0.3) is 0 Å². The lowest BCUT2D eigenvalue weighted by Crippen LogP contribution is -2.24. The predicted octanol–water partition coefficient (Wildman–Crippen LogP) is 1.27. The molecule has 74 valence electrons. The number of rotatable bonds is 3. The third kappa shape index (κ3) is 2.84. The summed E-state index contributed by atoms with van der Waals surface area (Å²) in [6.45, 7) is 5.94. The molecule has 13 heavy (non-hydrogen) atoms. The average molecular weight is 184 g/mol. The molecule has 2 atom stereocenters. The molecule has 1 aliphatic heterocycles. The Morgan fingerprint density at radius 2 is 2.46 bits per heavy atom. The van der Waals surface area contributed by atoms with Gasteiger partial charge in [0.15, 0.2) is 0 Å². The molecule has 0 aromatic carbocycles. The van der Waals surface area contributed by atoms with Gasteiger partial charge in [-0.15, -0.1) is 0 Å². The largest absolute Gasteiger partial charge is 0.462 e. The number of carbonyl (C=O) groups is 1. The van der Waals surface area contributed by atoms with Gasteiger partial charge in [0.1, 0.15) is 0 Å². The molecule has 3 heteroatoms. The van der Waals surface area contributed by atoms with Crippen LogP contribution in [0.3, 0.4) is 0 Å². The van der Waals surface area contributed by atoms with Crippen LogP contribution in [0.4, 0.5) is 0 Å². The molecule has 1 N–H and O–H groups in total. The van der Waals surface area contributed by atoms with Gasteiger partial charge in [-0.2, -0.15) is 0 Å². The molecule has 0 amide bonds. The Morgan fingerprint density at radius 3 is 3.08 bits per heavy atom. The number of aliphatic hydroxyl groups excluding tert-OH is 1. The van der Waals surface area contributed by atoms with Crippen LogP contribution in [0.15, 0.2) is 12.2 Å². The summed E-state index contributed by atoms with van der Waals surface area (Å²) in [7, 11) is 0. The lowest BCUT2D eigenvalue weighted by molar-refractivity contribution is -0.142. The van der Waals surface area contributed by atoms with Crippen molar-refractivity contribution in [2.24, 2.45) is 5.92 Å². The van der Waals surface area contributed by atoms with Crippen LogP contribution in [0.25, 0.3) is 0 Å². The first-order chi connectivity index (χ1) is 6.11. The standard InChI is InChI=1S/C10H16O3/c1-7(11)3-4-9-5-6-13-10(12)8(9)2/h7,9,11H,2-6H2,1H3. The fraction of sp³-hybridized carbons (Fsp3) is 0.700. The maximum atomic E-state index is 11.1. The molecule has 1 aliphatic rings. The van der Waals surface area contributed by atoms with Gasteiger partial charge in [0, 0.05) is 5.57 Å². The van der Waals surface area contributed by atoms with Crippen molar-refractivity contribution in [1.82, 2.24) is 0 Å². The number of aliphatic hydroxyl groups is 1. The molecule has 0 saturated carbocycles. The normalized spacial score (nSPS) is 25.5. The molecule has 0 aromatic heterocycles. The lowest BCUT2D eigenvalue weighted by Gasteiger charge is -2.23. The second-order valence-corrected chi connectivity index (χ2v) is 3.57. The number of cyclic esters (lactones) is 1. The maximum absolute atomic E-state index is 11.1. The van der Waals surface area contributed by atoms with Crippen LogP contribution in [0.5, 0.6) is 0 Å².